The summed E-state index contributed by atoms with van der Waals surface area (Å²) in [4.78, 5) is 0. The van der Waals surface area contributed by atoms with E-state index in [1.165, 1.54) is 5.56 Å². The molecule has 0 saturated carbocycles. The van der Waals surface area contributed by atoms with Crippen molar-refractivity contribution in [1.29, 1.82) is 0 Å². The van der Waals surface area contributed by atoms with E-state index < -0.39 is 0 Å². The van der Waals surface area contributed by atoms with Crippen molar-refractivity contribution < 1.29 is 9.15 Å². The van der Waals surface area contributed by atoms with Crippen LogP contribution in [0.4, 0.5) is 0 Å². The Balaban J connectivity index is 2.57. The molecule has 1 aromatic carbocycles. The molecule has 18 heavy (non-hydrogen) atoms. The van der Waals surface area contributed by atoms with Gasteiger partial charge < -0.3 is 14.5 Å². The minimum absolute atomic E-state index is 0.767. The number of rotatable bonds is 5. The first-order valence-corrected chi connectivity index (χ1v) is 6.99. The molecule has 1 aromatic heterocycles. The van der Waals surface area contributed by atoms with Gasteiger partial charge in [-0.15, -0.1) is 0 Å². The summed E-state index contributed by atoms with van der Waals surface area (Å²) in [6, 6.07) is 3.97. The van der Waals surface area contributed by atoms with Gasteiger partial charge in [-0.25, -0.2) is 0 Å². The molecule has 3 nitrogen and oxygen atoms in total. The summed E-state index contributed by atoms with van der Waals surface area (Å²) in [5.74, 6) is 1.86. The maximum atomic E-state index is 5.96. The summed E-state index contributed by atoms with van der Waals surface area (Å²) in [5.41, 5.74) is 2.16. The van der Waals surface area contributed by atoms with Crippen LogP contribution in [0.25, 0.3) is 11.0 Å². The lowest BCUT2D eigenvalue weighted by atomic mass is 10.1. The zero-order chi connectivity index (χ0) is 13.1. The van der Waals surface area contributed by atoms with Crippen molar-refractivity contribution in [3.8, 4) is 5.75 Å². The number of fused-ring (bicyclic) bond motifs is 1. The van der Waals surface area contributed by atoms with Gasteiger partial charge in [0.15, 0.2) is 0 Å². The normalized spacial score (nSPS) is 11.1. The third kappa shape index (κ3) is 2.40. The largest absolute Gasteiger partial charge is 0.497 e. The van der Waals surface area contributed by atoms with Crippen LogP contribution in [0.15, 0.2) is 21.0 Å². The molecule has 0 spiro atoms. The fourth-order valence-corrected chi connectivity index (χ4v) is 2.64. The fourth-order valence-electron chi connectivity index (χ4n) is 2.12. The van der Waals surface area contributed by atoms with Gasteiger partial charge in [0, 0.05) is 10.9 Å². The highest BCUT2D eigenvalue weighted by molar-refractivity contribution is 9.10. The molecule has 0 unspecified atom stereocenters. The van der Waals surface area contributed by atoms with Crippen molar-refractivity contribution in [2.75, 3.05) is 13.7 Å². The lowest BCUT2D eigenvalue weighted by molar-refractivity contribution is 0.415. The number of furan rings is 1. The number of methoxy groups -OCH3 is 1. The summed E-state index contributed by atoms with van der Waals surface area (Å²) < 4.78 is 12.2. The lowest BCUT2D eigenvalue weighted by Crippen LogP contribution is -2.12. The van der Waals surface area contributed by atoms with Gasteiger partial charge in [-0.1, -0.05) is 13.8 Å². The third-order valence-electron chi connectivity index (χ3n) is 3.03. The number of nitrogens with one attached hydrogen (secondary N) is 1. The zero-order valence-corrected chi connectivity index (χ0v) is 12.6. The minimum Gasteiger partial charge on any atom is -0.497 e. The molecule has 0 aliphatic rings. The van der Waals surface area contributed by atoms with E-state index in [0.717, 1.165) is 46.5 Å². The van der Waals surface area contributed by atoms with Gasteiger partial charge in [0.05, 0.1) is 18.1 Å². The molecular formula is C14H18BrNO2. The van der Waals surface area contributed by atoms with Crippen LogP contribution in [0, 0.1) is 0 Å². The topological polar surface area (TPSA) is 34.4 Å². The van der Waals surface area contributed by atoms with Crippen LogP contribution in [0.3, 0.4) is 0 Å². The number of ether oxygens (including phenoxy) is 1. The first kappa shape index (κ1) is 13.4. The van der Waals surface area contributed by atoms with Crippen LogP contribution in [0.1, 0.15) is 25.2 Å². The van der Waals surface area contributed by atoms with Crippen LogP contribution in [-0.2, 0) is 13.0 Å². The van der Waals surface area contributed by atoms with Crippen LogP contribution < -0.4 is 10.1 Å². The molecular weight excluding hydrogens is 294 g/mol. The van der Waals surface area contributed by atoms with Crippen molar-refractivity contribution in [3.05, 3.63) is 27.9 Å². The summed E-state index contributed by atoms with van der Waals surface area (Å²) in [5, 5.41) is 4.44. The second-order valence-electron chi connectivity index (χ2n) is 4.12. The van der Waals surface area contributed by atoms with Crippen molar-refractivity contribution >= 4 is 26.9 Å². The van der Waals surface area contributed by atoms with E-state index in [4.69, 9.17) is 9.15 Å². The summed E-state index contributed by atoms with van der Waals surface area (Å²) >= 11 is 3.54. The van der Waals surface area contributed by atoms with Crippen LogP contribution >= 0.6 is 15.9 Å². The molecule has 0 bridgehead atoms. The Morgan fingerprint density at radius 2 is 2.11 bits per heavy atom. The standard InChI is InChI=1S/C14H18BrNO2/c1-4-10-11-6-9(17-3)7-12(15)14(11)18-13(10)8-16-5-2/h6-7,16H,4-5,8H2,1-3H3. The number of halogens is 1. The maximum Gasteiger partial charge on any atom is 0.149 e. The molecule has 98 valence electrons. The van der Waals surface area contributed by atoms with Gasteiger partial charge >= 0.3 is 0 Å². The fraction of sp³-hybridized carbons (Fsp3) is 0.429. The molecule has 1 heterocycles. The Kier molecular flexibility index (Phi) is 4.30. The monoisotopic (exact) mass is 311 g/mol. The Labute approximate surface area is 116 Å². The van der Waals surface area contributed by atoms with Crippen molar-refractivity contribution in [1.82, 2.24) is 5.32 Å². The van der Waals surface area contributed by atoms with Gasteiger partial charge in [-0.2, -0.15) is 0 Å². The van der Waals surface area contributed by atoms with Crippen LogP contribution in [-0.4, -0.2) is 13.7 Å². The van der Waals surface area contributed by atoms with Crippen LogP contribution in [0.5, 0.6) is 5.75 Å². The van der Waals surface area contributed by atoms with E-state index in [2.05, 4.69) is 35.1 Å². The van der Waals surface area contributed by atoms with Gasteiger partial charge in [-0.3, -0.25) is 0 Å². The molecule has 0 amide bonds. The Bertz CT molecular complexity index is 548. The summed E-state index contributed by atoms with van der Waals surface area (Å²) in [7, 11) is 1.68. The molecule has 0 atom stereocenters. The quantitative estimate of drug-likeness (QED) is 0.910. The molecule has 0 saturated heterocycles. The number of aryl methyl sites for hydroxylation is 1. The first-order chi connectivity index (χ1) is 8.71. The molecule has 2 rings (SSSR count). The van der Waals surface area contributed by atoms with Gasteiger partial charge in [-0.05, 0) is 41.0 Å². The number of hydrogen-bond acceptors (Lipinski definition) is 3. The van der Waals surface area contributed by atoms with Crippen molar-refractivity contribution in [2.24, 2.45) is 0 Å². The Morgan fingerprint density at radius 3 is 2.72 bits per heavy atom. The second-order valence-corrected chi connectivity index (χ2v) is 4.98. The Hall–Kier alpha value is -1.00. The van der Waals surface area contributed by atoms with Gasteiger partial charge in [0.1, 0.15) is 17.1 Å². The SMILES string of the molecule is CCNCc1oc2c(Br)cc(OC)cc2c1CC. The van der Waals surface area contributed by atoms with Crippen molar-refractivity contribution in [3.63, 3.8) is 0 Å². The summed E-state index contributed by atoms with van der Waals surface area (Å²) in [6.07, 6.45) is 0.952. The molecule has 0 aliphatic heterocycles. The average molecular weight is 312 g/mol. The van der Waals surface area contributed by atoms with E-state index in [1.807, 2.05) is 12.1 Å². The van der Waals surface area contributed by atoms with Crippen LogP contribution in [0.2, 0.25) is 0 Å². The summed E-state index contributed by atoms with van der Waals surface area (Å²) in [6.45, 7) is 5.94. The minimum atomic E-state index is 0.767. The predicted octanol–water partition coefficient (Wildman–Crippen LogP) is 3.88. The maximum absolute atomic E-state index is 5.96. The van der Waals surface area contributed by atoms with Gasteiger partial charge in [0.25, 0.3) is 0 Å². The zero-order valence-electron chi connectivity index (χ0n) is 11.0. The molecule has 4 heteroatoms. The lowest BCUT2D eigenvalue weighted by Gasteiger charge is -2.02. The highest BCUT2D eigenvalue weighted by atomic mass is 79.9. The molecule has 0 aliphatic carbocycles. The average Bonchev–Trinajstić information content (AvgIpc) is 2.74. The predicted molar refractivity (Wildman–Crippen MR) is 77.2 cm³/mol. The molecule has 0 radical (unpaired) electrons. The second kappa shape index (κ2) is 5.76. The first-order valence-electron chi connectivity index (χ1n) is 6.19. The van der Waals surface area contributed by atoms with Crippen molar-refractivity contribution in [2.45, 2.75) is 26.8 Å². The smallest absolute Gasteiger partial charge is 0.149 e. The van der Waals surface area contributed by atoms with E-state index in [9.17, 15) is 0 Å². The highest BCUT2D eigenvalue weighted by Crippen LogP contribution is 2.35. The Morgan fingerprint density at radius 1 is 1.33 bits per heavy atom. The van der Waals surface area contributed by atoms with E-state index in [0.29, 0.717) is 0 Å². The molecule has 1 N–H and O–H groups in total. The third-order valence-corrected chi connectivity index (χ3v) is 3.62. The van der Waals surface area contributed by atoms with Gasteiger partial charge in [0.2, 0.25) is 0 Å². The van der Waals surface area contributed by atoms with E-state index >= 15 is 0 Å². The van der Waals surface area contributed by atoms with E-state index in [-0.39, 0.29) is 0 Å². The molecule has 0 fully saturated rings. The highest BCUT2D eigenvalue weighted by Gasteiger charge is 2.15. The van der Waals surface area contributed by atoms with E-state index in [1.54, 1.807) is 7.11 Å². The number of benzene rings is 1. The molecule has 2 aromatic rings. The number of hydrogen-bond donors (Lipinski definition) is 1.